The van der Waals surface area contributed by atoms with Crippen molar-refractivity contribution in [2.24, 2.45) is 0 Å². The van der Waals surface area contributed by atoms with Crippen LogP contribution >= 0.6 is 0 Å². The van der Waals surface area contributed by atoms with Crippen molar-refractivity contribution in [3.05, 3.63) is 58.3 Å². The largest absolute Gasteiger partial charge is 0.439 e. The predicted molar refractivity (Wildman–Crippen MR) is 68.0 cm³/mol. The van der Waals surface area contributed by atoms with Gasteiger partial charge in [0.25, 0.3) is 5.69 Å². The molecule has 0 saturated heterocycles. The summed E-state index contributed by atoms with van der Waals surface area (Å²) in [7, 11) is 0. The first-order valence-corrected chi connectivity index (χ1v) is 5.62. The summed E-state index contributed by atoms with van der Waals surface area (Å²) in [5.41, 5.74) is 0.685. The molecule has 98 valence electrons. The van der Waals surface area contributed by atoms with Crippen LogP contribution < -0.4 is 4.74 Å². The normalized spacial score (nSPS) is 11.9. The van der Waals surface area contributed by atoms with E-state index in [2.05, 4.69) is 4.98 Å². The number of hydrogen-bond acceptors (Lipinski definition) is 5. The van der Waals surface area contributed by atoms with E-state index in [1.165, 1.54) is 30.5 Å². The first-order chi connectivity index (χ1) is 9.06. The molecule has 6 nitrogen and oxygen atoms in total. The Labute approximate surface area is 109 Å². The van der Waals surface area contributed by atoms with E-state index in [0.29, 0.717) is 17.2 Å². The third-order valence-corrected chi connectivity index (χ3v) is 2.51. The topological polar surface area (TPSA) is 85.5 Å². The summed E-state index contributed by atoms with van der Waals surface area (Å²) in [6, 6.07) is 9.00. The second-order valence-electron chi connectivity index (χ2n) is 3.96. The molecule has 6 heteroatoms. The van der Waals surface area contributed by atoms with E-state index in [1.54, 1.807) is 19.1 Å². The van der Waals surface area contributed by atoms with Gasteiger partial charge in [0.1, 0.15) is 5.75 Å². The Bertz CT molecular complexity index is 581. The van der Waals surface area contributed by atoms with E-state index in [9.17, 15) is 15.2 Å². The van der Waals surface area contributed by atoms with Gasteiger partial charge >= 0.3 is 0 Å². The van der Waals surface area contributed by atoms with Gasteiger partial charge in [0.15, 0.2) is 0 Å². The van der Waals surface area contributed by atoms with Crippen LogP contribution in [0.4, 0.5) is 5.69 Å². The second kappa shape index (κ2) is 5.45. The zero-order chi connectivity index (χ0) is 13.8. The van der Waals surface area contributed by atoms with Crippen LogP contribution in [-0.4, -0.2) is 15.0 Å². The smallest absolute Gasteiger partial charge is 0.269 e. The molecular weight excluding hydrogens is 248 g/mol. The van der Waals surface area contributed by atoms with Crippen molar-refractivity contribution in [3.63, 3.8) is 0 Å². The Morgan fingerprint density at radius 3 is 2.58 bits per heavy atom. The molecule has 0 spiro atoms. The standard InChI is InChI=1S/C13H12N2O4/c1-9(16)10-6-7-14-13(8-10)19-12-4-2-11(3-5-12)15(17)18/h2-9,16H,1H3. The van der Waals surface area contributed by atoms with E-state index in [-0.39, 0.29) is 5.69 Å². The number of aromatic nitrogens is 1. The minimum Gasteiger partial charge on any atom is -0.439 e. The van der Waals surface area contributed by atoms with Crippen molar-refractivity contribution in [3.8, 4) is 11.6 Å². The zero-order valence-electron chi connectivity index (χ0n) is 10.2. The summed E-state index contributed by atoms with van der Waals surface area (Å²) in [5, 5.41) is 20.0. The van der Waals surface area contributed by atoms with Crippen molar-refractivity contribution >= 4 is 5.69 Å². The van der Waals surface area contributed by atoms with Gasteiger partial charge in [-0.1, -0.05) is 0 Å². The summed E-state index contributed by atoms with van der Waals surface area (Å²) in [4.78, 5) is 14.0. The fraction of sp³-hybridized carbons (Fsp3) is 0.154. The van der Waals surface area contributed by atoms with Crippen LogP contribution in [0.3, 0.4) is 0 Å². The Balaban J connectivity index is 2.16. The SMILES string of the molecule is CC(O)c1ccnc(Oc2ccc([N+](=O)[O-])cc2)c1. The molecule has 1 unspecified atom stereocenters. The molecule has 1 aromatic heterocycles. The highest BCUT2D eigenvalue weighted by Gasteiger charge is 2.07. The molecule has 0 saturated carbocycles. The van der Waals surface area contributed by atoms with Crippen LogP contribution in [-0.2, 0) is 0 Å². The van der Waals surface area contributed by atoms with Crippen LogP contribution in [0.25, 0.3) is 0 Å². The molecule has 1 heterocycles. The molecule has 2 rings (SSSR count). The molecule has 2 aromatic rings. The van der Waals surface area contributed by atoms with E-state index in [4.69, 9.17) is 4.74 Å². The van der Waals surface area contributed by atoms with Gasteiger partial charge in [0, 0.05) is 24.4 Å². The number of ether oxygens (including phenoxy) is 1. The number of pyridine rings is 1. The number of hydrogen-bond donors (Lipinski definition) is 1. The molecule has 0 aliphatic carbocycles. The summed E-state index contributed by atoms with van der Waals surface area (Å²) < 4.78 is 5.46. The number of nitrogens with zero attached hydrogens (tertiary/aromatic N) is 2. The third kappa shape index (κ3) is 3.26. The van der Waals surface area contributed by atoms with Gasteiger partial charge in [-0.25, -0.2) is 4.98 Å². The molecule has 0 radical (unpaired) electrons. The maximum absolute atomic E-state index is 10.5. The van der Waals surface area contributed by atoms with Gasteiger partial charge in [-0.05, 0) is 30.7 Å². The second-order valence-corrected chi connectivity index (χ2v) is 3.96. The number of aliphatic hydroxyl groups is 1. The summed E-state index contributed by atoms with van der Waals surface area (Å²) in [6.45, 7) is 1.64. The molecule has 0 amide bonds. The Morgan fingerprint density at radius 2 is 2.00 bits per heavy atom. The summed E-state index contributed by atoms with van der Waals surface area (Å²) in [6.07, 6.45) is 0.921. The minimum atomic E-state index is -0.609. The molecule has 0 aliphatic heterocycles. The number of non-ortho nitro benzene ring substituents is 1. The van der Waals surface area contributed by atoms with Gasteiger partial charge < -0.3 is 9.84 Å². The Kier molecular flexibility index (Phi) is 3.72. The summed E-state index contributed by atoms with van der Waals surface area (Å²) in [5.74, 6) is 0.771. The monoisotopic (exact) mass is 260 g/mol. The van der Waals surface area contributed by atoms with Gasteiger partial charge in [0.2, 0.25) is 5.88 Å². The van der Waals surface area contributed by atoms with Crippen molar-refractivity contribution in [1.29, 1.82) is 0 Å². The molecule has 0 bridgehead atoms. The van der Waals surface area contributed by atoms with Crippen LogP contribution in [0.5, 0.6) is 11.6 Å². The average Bonchev–Trinajstić information content (AvgIpc) is 2.39. The van der Waals surface area contributed by atoms with Crippen LogP contribution in [0.15, 0.2) is 42.6 Å². The van der Waals surface area contributed by atoms with E-state index >= 15 is 0 Å². The first kappa shape index (κ1) is 13.0. The quantitative estimate of drug-likeness (QED) is 0.674. The number of aliphatic hydroxyl groups excluding tert-OH is 1. The fourth-order valence-electron chi connectivity index (χ4n) is 1.50. The van der Waals surface area contributed by atoms with Gasteiger partial charge in [-0.15, -0.1) is 0 Å². The first-order valence-electron chi connectivity index (χ1n) is 5.62. The molecule has 1 atom stereocenters. The molecule has 1 aromatic carbocycles. The lowest BCUT2D eigenvalue weighted by molar-refractivity contribution is -0.384. The third-order valence-electron chi connectivity index (χ3n) is 2.51. The van der Waals surface area contributed by atoms with Crippen molar-refractivity contribution in [2.45, 2.75) is 13.0 Å². The average molecular weight is 260 g/mol. The Morgan fingerprint density at radius 1 is 1.32 bits per heavy atom. The molecular formula is C13H12N2O4. The van der Waals surface area contributed by atoms with Crippen molar-refractivity contribution in [2.75, 3.05) is 0 Å². The molecule has 0 fully saturated rings. The van der Waals surface area contributed by atoms with Crippen molar-refractivity contribution < 1.29 is 14.8 Å². The molecule has 19 heavy (non-hydrogen) atoms. The fourth-order valence-corrected chi connectivity index (χ4v) is 1.50. The number of benzene rings is 1. The van der Waals surface area contributed by atoms with Crippen LogP contribution in [0, 0.1) is 10.1 Å². The predicted octanol–water partition coefficient (Wildman–Crippen LogP) is 2.84. The highest BCUT2D eigenvalue weighted by Crippen LogP contribution is 2.24. The molecule has 0 aliphatic rings. The van der Waals surface area contributed by atoms with E-state index in [1.807, 2.05) is 0 Å². The van der Waals surface area contributed by atoms with E-state index in [0.717, 1.165) is 0 Å². The maximum atomic E-state index is 10.5. The van der Waals surface area contributed by atoms with Gasteiger partial charge in [-0.2, -0.15) is 0 Å². The van der Waals surface area contributed by atoms with Gasteiger partial charge in [-0.3, -0.25) is 10.1 Å². The Hall–Kier alpha value is -2.47. The zero-order valence-corrected chi connectivity index (χ0v) is 10.2. The van der Waals surface area contributed by atoms with Crippen LogP contribution in [0.1, 0.15) is 18.6 Å². The number of nitro groups is 1. The van der Waals surface area contributed by atoms with Gasteiger partial charge in [0.05, 0.1) is 11.0 Å². The van der Waals surface area contributed by atoms with Crippen molar-refractivity contribution in [1.82, 2.24) is 4.98 Å². The lowest BCUT2D eigenvalue weighted by Gasteiger charge is -2.07. The number of nitro benzene ring substituents is 1. The number of rotatable bonds is 4. The summed E-state index contributed by atoms with van der Waals surface area (Å²) >= 11 is 0. The lowest BCUT2D eigenvalue weighted by Crippen LogP contribution is -1.94. The van der Waals surface area contributed by atoms with Crippen LogP contribution in [0.2, 0.25) is 0 Å². The molecule has 1 N–H and O–H groups in total. The highest BCUT2D eigenvalue weighted by molar-refractivity contribution is 5.37. The maximum Gasteiger partial charge on any atom is 0.269 e. The lowest BCUT2D eigenvalue weighted by atomic mass is 10.2. The van der Waals surface area contributed by atoms with E-state index < -0.39 is 11.0 Å². The highest BCUT2D eigenvalue weighted by atomic mass is 16.6. The minimum absolute atomic E-state index is 0.00181.